The molecule has 2 N–H and O–H groups in total. The molecule has 2 amide bonds. The van der Waals surface area contributed by atoms with Crippen LogP contribution in [0.25, 0.3) is 11.3 Å². The van der Waals surface area contributed by atoms with E-state index in [1.165, 1.54) is 5.57 Å². The van der Waals surface area contributed by atoms with Crippen LogP contribution in [0.15, 0.2) is 72.8 Å². The number of nitrogens with one attached hydrogen (secondary N) is 2. The first-order valence-corrected chi connectivity index (χ1v) is 15.7. The third-order valence-electron chi connectivity index (χ3n) is 7.36. The fourth-order valence-corrected chi connectivity index (χ4v) is 4.60. The molecule has 2 atom stereocenters. The first-order valence-electron chi connectivity index (χ1n) is 15.7. The second-order valence-corrected chi connectivity index (χ2v) is 11.8. The van der Waals surface area contributed by atoms with Gasteiger partial charge in [0.15, 0.2) is 0 Å². The zero-order chi connectivity index (χ0) is 33.8. The third-order valence-corrected chi connectivity index (χ3v) is 7.36. The molecule has 0 radical (unpaired) electrons. The van der Waals surface area contributed by atoms with Crippen LogP contribution in [0.5, 0.6) is 0 Å². The molecule has 5 rings (SSSR count). The highest BCUT2D eigenvalue weighted by atomic mass is 16.5. The number of hydrogen-bond donors (Lipinski definition) is 2. The quantitative estimate of drug-likeness (QED) is 0.299. The fraction of sp³-hybridized carbons (Fsp3) is 0.472. The number of benzene rings is 2. The number of hydrogen-bond acceptors (Lipinski definition) is 7. The standard InChI is InChI=1S/C17H20N4O.C8H15NO3.C6H6.C5H12O/c1-13-16(14-8-10-20(12-22)11-9-14)19-21(17(13)18-2)15-6-4-3-5-7-15;1-11-3-2-8-4-7(5-12-8)9-6-10;1-2-4-6-5-3-1;1-5(2,3)6-4/h3-8,12,18H,9-11H2,1-2H3;6-8H,2-5H2,1H3,(H,9,10);1-6H;1-4H3/t;7-,8?;;/m.1../s1. The number of nitrogens with zero attached hydrogens (tertiary/aromatic N) is 3. The second-order valence-electron chi connectivity index (χ2n) is 11.8. The minimum Gasteiger partial charge on any atom is -0.385 e. The van der Waals surface area contributed by atoms with Crippen LogP contribution in [0.4, 0.5) is 5.82 Å². The van der Waals surface area contributed by atoms with Crippen LogP contribution < -0.4 is 10.6 Å². The molecule has 2 aliphatic heterocycles. The molecule has 10 nitrogen and oxygen atoms in total. The molecule has 1 unspecified atom stereocenters. The van der Waals surface area contributed by atoms with Crippen LogP contribution in [0.1, 0.15) is 51.3 Å². The molecule has 0 aliphatic carbocycles. The van der Waals surface area contributed by atoms with Crippen molar-refractivity contribution in [3.63, 3.8) is 0 Å². The van der Waals surface area contributed by atoms with E-state index in [0.717, 1.165) is 68.0 Å². The molecular formula is C36H53N5O5. The van der Waals surface area contributed by atoms with Gasteiger partial charge in [-0.05, 0) is 64.7 Å². The summed E-state index contributed by atoms with van der Waals surface area (Å²) in [5.41, 5.74) is 4.44. The lowest BCUT2D eigenvalue weighted by Crippen LogP contribution is -2.27. The third kappa shape index (κ3) is 13.6. The van der Waals surface area contributed by atoms with Crippen LogP contribution in [0, 0.1) is 6.92 Å². The van der Waals surface area contributed by atoms with Crippen molar-refractivity contribution < 1.29 is 23.8 Å². The van der Waals surface area contributed by atoms with Gasteiger partial charge in [-0.1, -0.05) is 60.7 Å². The Bertz CT molecular complexity index is 1260. The van der Waals surface area contributed by atoms with E-state index < -0.39 is 0 Å². The van der Waals surface area contributed by atoms with Crippen molar-refractivity contribution in [2.24, 2.45) is 0 Å². The molecule has 1 aromatic heterocycles. The topological polar surface area (TPSA) is 107 Å². The average Bonchev–Trinajstić information content (AvgIpc) is 3.69. The van der Waals surface area contributed by atoms with Gasteiger partial charge < -0.3 is 29.7 Å². The van der Waals surface area contributed by atoms with Crippen LogP contribution >= 0.6 is 0 Å². The molecule has 1 saturated heterocycles. The summed E-state index contributed by atoms with van der Waals surface area (Å²) in [6.45, 7) is 10.9. The largest absolute Gasteiger partial charge is 0.385 e. The minimum absolute atomic E-state index is 0.0417. The first-order chi connectivity index (χ1) is 22.2. The monoisotopic (exact) mass is 635 g/mol. The number of anilines is 1. The number of methoxy groups -OCH3 is 2. The van der Waals surface area contributed by atoms with Gasteiger partial charge in [0.1, 0.15) is 5.82 Å². The van der Waals surface area contributed by atoms with Gasteiger partial charge >= 0.3 is 0 Å². The van der Waals surface area contributed by atoms with Crippen molar-refractivity contribution in [1.29, 1.82) is 0 Å². The predicted octanol–water partition coefficient (Wildman–Crippen LogP) is 5.51. The highest BCUT2D eigenvalue weighted by Crippen LogP contribution is 2.30. The van der Waals surface area contributed by atoms with E-state index in [9.17, 15) is 9.59 Å². The normalized spacial score (nSPS) is 17.1. The Morgan fingerprint density at radius 3 is 2.11 bits per heavy atom. The Kier molecular flexibility index (Phi) is 17.4. The number of carbonyl (C=O) groups excluding carboxylic acids is 2. The Morgan fingerprint density at radius 2 is 1.63 bits per heavy atom. The second kappa shape index (κ2) is 20.9. The van der Waals surface area contributed by atoms with E-state index in [0.29, 0.717) is 13.2 Å². The van der Waals surface area contributed by atoms with Crippen LogP contribution in [0.2, 0.25) is 0 Å². The van der Waals surface area contributed by atoms with Crippen LogP contribution in [0.3, 0.4) is 0 Å². The van der Waals surface area contributed by atoms with Gasteiger partial charge in [0.25, 0.3) is 0 Å². The smallest absolute Gasteiger partial charge is 0.209 e. The van der Waals surface area contributed by atoms with Gasteiger partial charge in [-0.2, -0.15) is 5.10 Å². The lowest BCUT2D eigenvalue weighted by molar-refractivity contribution is -0.117. The zero-order valence-corrected chi connectivity index (χ0v) is 28.6. The summed E-state index contributed by atoms with van der Waals surface area (Å²) in [7, 11) is 5.30. The highest BCUT2D eigenvalue weighted by Gasteiger charge is 2.24. The lowest BCUT2D eigenvalue weighted by Gasteiger charge is -2.21. The van der Waals surface area contributed by atoms with E-state index in [1.807, 2.05) is 99.2 Å². The summed E-state index contributed by atoms with van der Waals surface area (Å²) in [6.07, 6.45) is 6.64. The molecule has 252 valence electrons. The molecule has 0 saturated carbocycles. The van der Waals surface area contributed by atoms with Crippen molar-refractivity contribution in [2.45, 2.75) is 64.7 Å². The lowest BCUT2D eigenvalue weighted by atomic mass is 10.0. The molecule has 10 heteroatoms. The van der Waals surface area contributed by atoms with Gasteiger partial charge in [-0.3, -0.25) is 9.59 Å². The number of amides is 2. The maximum atomic E-state index is 10.8. The summed E-state index contributed by atoms with van der Waals surface area (Å²) in [6, 6.07) is 22.3. The summed E-state index contributed by atoms with van der Waals surface area (Å²) in [5, 5.41) is 10.8. The number of rotatable bonds is 9. The molecule has 2 aromatic carbocycles. The molecule has 3 heterocycles. The molecule has 3 aromatic rings. The summed E-state index contributed by atoms with van der Waals surface area (Å²) >= 11 is 0. The van der Waals surface area contributed by atoms with E-state index in [-0.39, 0.29) is 17.7 Å². The average molecular weight is 636 g/mol. The summed E-state index contributed by atoms with van der Waals surface area (Å²) in [4.78, 5) is 22.7. The zero-order valence-electron chi connectivity index (χ0n) is 28.6. The van der Waals surface area contributed by atoms with Crippen molar-refractivity contribution >= 4 is 24.2 Å². The minimum atomic E-state index is 0.0417. The number of aromatic nitrogens is 2. The van der Waals surface area contributed by atoms with Crippen molar-refractivity contribution in [1.82, 2.24) is 20.0 Å². The first kappa shape index (κ1) is 38.2. The molecule has 1 fully saturated rings. The molecular weight excluding hydrogens is 582 g/mol. The van der Waals surface area contributed by atoms with Crippen LogP contribution in [-0.2, 0) is 23.8 Å². The van der Waals surface area contributed by atoms with Gasteiger partial charge in [-0.25, -0.2) is 4.68 Å². The Labute approximate surface area is 275 Å². The van der Waals surface area contributed by atoms with E-state index in [2.05, 4.69) is 23.6 Å². The van der Waals surface area contributed by atoms with E-state index in [1.54, 1.807) is 19.1 Å². The molecule has 46 heavy (non-hydrogen) atoms. The predicted molar refractivity (Wildman–Crippen MR) is 185 cm³/mol. The number of ether oxygens (including phenoxy) is 3. The molecule has 0 spiro atoms. The van der Waals surface area contributed by atoms with Gasteiger partial charge in [0.05, 0.1) is 35.7 Å². The Hall–Kier alpha value is -3.99. The maximum Gasteiger partial charge on any atom is 0.209 e. The van der Waals surface area contributed by atoms with Crippen molar-refractivity contribution in [2.75, 3.05) is 52.9 Å². The molecule has 2 aliphatic rings. The SMILES string of the molecule is CNc1c(C)c(C2=CCN(C=O)CC2)nn1-c1ccccc1.COC(C)(C)C.COCCC1C[C@@H](NC=O)CO1.c1ccccc1. The van der Waals surface area contributed by atoms with Gasteiger partial charge in [0, 0.05) is 46.5 Å². The van der Waals surface area contributed by atoms with Gasteiger partial charge in [-0.15, -0.1) is 0 Å². The Balaban J connectivity index is 0.000000255. The highest BCUT2D eigenvalue weighted by molar-refractivity contribution is 5.72. The fourth-order valence-electron chi connectivity index (χ4n) is 4.60. The van der Waals surface area contributed by atoms with Crippen molar-refractivity contribution in [3.8, 4) is 5.69 Å². The maximum absolute atomic E-state index is 10.8. The number of para-hydroxylation sites is 1. The molecule has 0 bridgehead atoms. The van der Waals surface area contributed by atoms with Gasteiger partial charge in [0.2, 0.25) is 12.8 Å². The summed E-state index contributed by atoms with van der Waals surface area (Å²) < 4.78 is 17.2. The van der Waals surface area contributed by atoms with Crippen LogP contribution in [-0.4, -0.2) is 92.8 Å². The van der Waals surface area contributed by atoms with Crippen molar-refractivity contribution in [3.05, 3.63) is 84.1 Å². The number of carbonyl (C=O) groups is 2. The van der Waals surface area contributed by atoms with E-state index in [4.69, 9.17) is 19.3 Å². The summed E-state index contributed by atoms with van der Waals surface area (Å²) in [5.74, 6) is 1.000. The Morgan fingerprint density at radius 1 is 1.02 bits per heavy atom. The van der Waals surface area contributed by atoms with E-state index >= 15 is 0 Å².